The Hall–Kier alpha value is -2.09. The molecule has 0 unspecified atom stereocenters. The molecule has 4 fully saturated rings. The maximum atomic E-state index is 10.8. The zero-order valence-electron chi connectivity index (χ0n) is 15.1. The molecule has 4 aliphatic rings. The molecule has 6 rings (SSSR count). The summed E-state index contributed by atoms with van der Waals surface area (Å²) in [5, 5.41) is 20.4. The highest BCUT2D eigenvalue weighted by molar-refractivity contribution is 7.98. The third-order valence-electron chi connectivity index (χ3n) is 6.69. The van der Waals surface area contributed by atoms with Gasteiger partial charge in [0.2, 0.25) is 5.16 Å². The quantitative estimate of drug-likeness (QED) is 0.365. The number of nitrogen functional groups attached to an aromatic ring is 1. The maximum absolute atomic E-state index is 10.8. The van der Waals surface area contributed by atoms with Crippen LogP contribution in [0.15, 0.2) is 29.4 Å². The first kappa shape index (κ1) is 17.0. The molecule has 0 spiro atoms. The largest absolute Gasteiger partial charge is 0.336 e. The molecule has 4 bridgehead atoms. The van der Waals surface area contributed by atoms with Gasteiger partial charge in [-0.2, -0.15) is 0 Å². The summed E-state index contributed by atoms with van der Waals surface area (Å²) in [7, 11) is 0. The number of aromatic nitrogens is 3. The van der Waals surface area contributed by atoms with E-state index in [2.05, 4.69) is 10.2 Å². The Labute approximate surface area is 161 Å². The van der Waals surface area contributed by atoms with Gasteiger partial charge in [0.15, 0.2) is 5.82 Å². The Bertz CT molecular complexity index is 843. The lowest BCUT2D eigenvalue weighted by molar-refractivity contribution is -0.384. The molecule has 1 aromatic heterocycles. The predicted octanol–water partition coefficient (Wildman–Crippen LogP) is 3.66. The number of nitro benzene ring substituents is 1. The second kappa shape index (κ2) is 6.22. The molecule has 0 saturated heterocycles. The first-order chi connectivity index (χ1) is 13.0. The molecule has 7 nitrogen and oxygen atoms in total. The summed E-state index contributed by atoms with van der Waals surface area (Å²) in [5.41, 5.74) is 1.24. The van der Waals surface area contributed by atoms with Gasteiger partial charge in [-0.15, -0.1) is 10.2 Å². The van der Waals surface area contributed by atoms with Crippen LogP contribution < -0.4 is 5.84 Å². The van der Waals surface area contributed by atoms with Crippen molar-refractivity contribution in [3.05, 3.63) is 45.8 Å². The first-order valence-electron chi connectivity index (χ1n) is 9.59. The van der Waals surface area contributed by atoms with E-state index in [9.17, 15) is 10.1 Å². The lowest BCUT2D eigenvalue weighted by atomic mass is 9.49. The van der Waals surface area contributed by atoms with Gasteiger partial charge in [0.25, 0.3) is 5.69 Å². The monoisotopic (exact) mass is 385 g/mol. The summed E-state index contributed by atoms with van der Waals surface area (Å²) >= 11 is 1.53. The van der Waals surface area contributed by atoms with Gasteiger partial charge in [-0.3, -0.25) is 10.1 Å². The molecule has 27 heavy (non-hydrogen) atoms. The van der Waals surface area contributed by atoms with E-state index < -0.39 is 0 Å². The molecule has 2 aromatic rings. The van der Waals surface area contributed by atoms with Gasteiger partial charge >= 0.3 is 0 Å². The molecule has 4 aliphatic carbocycles. The van der Waals surface area contributed by atoms with Crippen LogP contribution in [0.5, 0.6) is 0 Å². The van der Waals surface area contributed by atoms with Crippen molar-refractivity contribution in [2.24, 2.45) is 17.8 Å². The van der Waals surface area contributed by atoms with Crippen molar-refractivity contribution in [2.45, 2.75) is 54.8 Å². The summed E-state index contributed by atoms with van der Waals surface area (Å²) in [4.78, 5) is 10.4. The third kappa shape index (κ3) is 2.90. The fourth-order valence-corrected chi connectivity index (χ4v) is 6.80. The summed E-state index contributed by atoms with van der Waals surface area (Å²) in [6.45, 7) is 0. The van der Waals surface area contributed by atoms with E-state index in [4.69, 9.17) is 5.84 Å². The number of thioether (sulfide) groups is 1. The Kier molecular flexibility index (Phi) is 3.93. The third-order valence-corrected chi connectivity index (χ3v) is 7.71. The van der Waals surface area contributed by atoms with E-state index in [1.807, 2.05) is 0 Å². The molecular weight excluding hydrogens is 362 g/mol. The van der Waals surface area contributed by atoms with E-state index in [1.54, 1.807) is 16.8 Å². The number of rotatable bonds is 5. The number of nitro groups is 1. The van der Waals surface area contributed by atoms with Crippen molar-refractivity contribution in [3.63, 3.8) is 0 Å². The van der Waals surface area contributed by atoms with Crippen LogP contribution in [0, 0.1) is 27.9 Å². The summed E-state index contributed by atoms with van der Waals surface area (Å²) in [6, 6.07) is 6.62. The molecule has 8 heteroatoms. The van der Waals surface area contributed by atoms with Crippen LogP contribution in [0.25, 0.3) is 0 Å². The molecule has 0 amide bonds. The molecule has 0 aliphatic heterocycles. The molecule has 1 aromatic carbocycles. The van der Waals surface area contributed by atoms with Gasteiger partial charge in [-0.05, 0) is 61.8 Å². The van der Waals surface area contributed by atoms with Crippen molar-refractivity contribution in [1.82, 2.24) is 14.9 Å². The van der Waals surface area contributed by atoms with Gasteiger partial charge < -0.3 is 5.84 Å². The predicted molar refractivity (Wildman–Crippen MR) is 103 cm³/mol. The van der Waals surface area contributed by atoms with E-state index in [1.165, 1.54) is 62.4 Å². The molecular formula is C19H23N5O2S. The van der Waals surface area contributed by atoms with Gasteiger partial charge in [0, 0.05) is 23.3 Å². The molecule has 0 radical (unpaired) electrons. The zero-order valence-corrected chi connectivity index (χ0v) is 15.9. The summed E-state index contributed by atoms with van der Waals surface area (Å²) < 4.78 is 1.71. The zero-order chi connectivity index (χ0) is 18.6. The number of non-ortho nitro benzene ring substituents is 1. The smallest absolute Gasteiger partial charge is 0.269 e. The Morgan fingerprint density at radius 2 is 1.70 bits per heavy atom. The summed E-state index contributed by atoms with van der Waals surface area (Å²) in [6.07, 6.45) is 7.79. The number of nitrogens with two attached hydrogens (primary N) is 1. The second-order valence-corrected chi connectivity index (χ2v) is 9.53. The van der Waals surface area contributed by atoms with Gasteiger partial charge in [-0.25, -0.2) is 4.68 Å². The number of hydrogen-bond acceptors (Lipinski definition) is 6. The number of nitrogens with zero attached hydrogens (tertiary/aromatic N) is 4. The van der Waals surface area contributed by atoms with Crippen LogP contribution >= 0.6 is 11.8 Å². The molecule has 4 saturated carbocycles. The number of hydrogen-bond donors (Lipinski definition) is 1. The van der Waals surface area contributed by atoms with Gasteiger partial charge in [-0.1, -0.05) is 23.9 Å². The van der Waals surface area contributed by atoms with E-state index in [0.717, 1.165) is 34.3 Å². The van der Waals surface area contributed by atoms with Crippen LogP contribution in [0.2, 0.25) is 0 Å². The maximum Gasteiger partial charge on any atom is 0.269 e. The topological polar surface area (TPSA) is 99.9 Å². The van der Waals surface area contributed by atoms with Crippen molar-refractivity contribution in [1.29, 1.82) is 0 Å². The van der Waals surface area contributed by atoms with E-state index in [0.29, 0.717) is 5.75 Å². The van der Waals surface area contributed by atoms with Crippen LogP contribution in [-0.2, 0) is 11.2 Å². The second-order valence-electron chi connectivity index (χ2n) is 8.59. The van der Waals surface area contributed by atoms with Gasteiger partial charge in [0.1, 0.15) is 0 Å². The average Bonchev–Trinajstić information content (AvgIpc) is 3.00. The molecule has 0 atom stereocenters. The SMILES string of the molecule is Nn1c(SCc2ccc([N+](=O)[O-])cc2)nnc1C12CC3CC(CC(C3)C1)C2. The van der Waals surface area contributed by atoms with E-state index >= 15 is 0 Å². The highest BCUT2D eigenvalue weighted by Gasteiger charge is 2.54. The Morgan fingerprint density at radius 1 is 1.11 bits per heavy atom. The highest BCUT2D eigenvalue weighted by Crippen LogP contribution is 2.60. The Morgan fingerprint density at radius 3 is 2.26 bits per heavy atom. The van der Waals surface area contributed by atoms with E-state index in [-0.39, 0.29) is 16.0 Å². The minimum Gasteiger partial charge on any atom is -0.336 e. The highest BCUT2D eigenvalue weighted by atomic mass is 32.2. The van der Waals surface area contributed by atoms with Crippen molar-refractivity contribution in [3.8, 4) is 0 Å². The van der Waals surface area contributed by atoms with Crippen molar-refractivity contribution >= 4 is 17.4 Å². The fraction of sp³-hybridized carbons (Fsp3) is 0.579. The number of benzene rings is 1. The standard InChI is InChI=1S/C19H23N5O2S/c20-23-17(19-8-13-5-14(9-19)7-15(6-13)10-19)21-22-18(23)27-11-12-1-3-16(4-2-12)24(25)26/h1-4,13-15H,5-11,20H2. The van der Waals surface area contributed by atoms with Crippen molar-refractivity contribution in [2.75, 3.05) is 5.84 Å². The summed E-state index contributed by atoms with van der Waals surface area (Å²) in [5.74, 6) is 10.6. The minimum atomic E-state index is -0.384. The van der Waals surface area contributed by atoms with Crippen molar-refractivity contribution < 1.29 is 4.92 Å². The van der Waals surface area contributed by atoms with Crippen LogP contribution in [0.1, 0.15) is 49.9 Å². The van der Waals surface area contributed by atoms with Crippen LogP contribution in [-0.4, -0.2) is 19.8 Å². The lowest BCUT2D eigenvalue weighted by Gasteiger charge is -2.55. The molecule has 2 N–H and O–H groups in total. The van der Waals surface area contributed by atoms with Crippen LogP contribution in [0.4, 0.5) is 5.69 Å². The lowest BCUT2D eigenvalue weighted by Crippen LogP contribution is -2.50. The minimum absolute atomic E-state index is 0.106. The molecule has 142 valence electrons. The van der Waals surface area contributed by atoms with Crippen LogP contribution in [0.3, 0.4) is 0 Å². The fourth-order valence-electron chi connectivity index (χ4n) is 5.98. The van der Waals surface area contributed by atoms with Gasteiger partial charge in [0.05, 0.1) is 4.92 Å². The first-order valence-corrected chi connectivity index (χ1v) is 10.6. The normalized spacial score (nSPS) is 31.3. The molecule has 1 heterocycles. The Balaban J connectivity index is 1.33. The average molecular weight is 385 g/mol.